The maximum absolute atomic E-state index is 6.12. The first-order chi connectivity index (χ1) is 11.2. The zero-order valence-corrected chi connectivity index (χ0v) is 13.3. The lowest BCUT2D eigenvalue weighted by molar-refractivity contribution is 0.350. The van der Waals surface area contributed by atoms with Crippen LogP contribution >= 0.6 is 11.6 Å². The molecule has 0 spiro atoms. The van der Waals surface area contributed by atoms with Gasteiger partial charge in [0, 0.05) is 10.6 Å². The maximum atomic E-state index is 6.12. The van der Waals surface area contributed by atoms with Crippen LogP contribution in [-0.2, 0) is 0 Å². The minimum absolute atomic E-state index is 0. The van der Waals surface area contributed by atoms with Gasteiger partial charge in [0.15, 0.2) is 5.65 Å². The van der Waals surface area contributed by atoms with E-state index in [4.69, 9.17) is 22.4 Å². The molecule has 2 aromatic heterocycles. The number of hydrogen-bond acceptors (Lipinski definition) is 5. The number of rotatable bonds is 2. The standard InChI is InChI=1S/C16H17ClN6.CH4/c17-11-3-1-10(2-4-11)14-13-15(18)20-9-21-16(13)23(22-14)12-5-7-19-8-6-12;/h1-4,9,12,19H,5-8H2,(H2,18,20,21);1H4. The number of fused-ring (bicyclic) bond motifs is 1. The quantitative estimate of drug-likeness (QED) is 0.745. The third kappa shape index (κ3) is 2.83. The molecule has 3 aromatic rings. The molecule has 0 amide bonds. The fraction of sp³-hybridized carbons (Fsp3) is 0.353. The van der Waals surface area contributed by atoms with E-state index in [1.54, 1.807) is 0 Å². The third-order valence-electron chi connectivity index (χ3n) is 4.29. The van der Waals surface area contributed by atoms with Crippen LogP contribution in [0.5, 0.6) is 0 Å². The van der Waals surface area contributed by atoms with Gasteiger partial charge in [-0.25, -0.2) is 14.6 Å². The molecule has 0 atom stereocenters. The average molecular weight is 345 g/mol. The van der Waals surface area contributed by atoms with E-state index in [1.807, 2.05) is 28.9 Å². The Morgan fingerprint density at radius 1 is 1.12 bits per heavy atom. The minimum Gasteiger partial charge on any atom is -0.383 e. The van der Waals surface area contributed by atoms with Crippen molar-refractivity contribution >= 4 is 28.5 Å². The molecule has 1 aromatic carbocycles. The van der Waals surface area contributed by atoms with Crippen LogP contribution in [0.2, 0.25) is 5.02 Å². The summed E-state index contributed by atoms with van der Waals surface area (Å²) >= 11 is 5.99. The van der Waals surface area contributed by atoms with E-state index >= 15 is 0 Å². The Balaban J connectivity index is 0.00000169. The van der Waals surface area contributed by atoms with Crippen molar-refractivity contribution in [1.29, 1.82) is 0 Å². The summed E-state index contributed by atoms with van der Waals surface area (Å²) in [6, 6.07) is 7.93. The molecule has 0 unspecified atom stereocenters. The Labute approximate surface area is 146 Å². The van der Waals surface area contributed by atoms with Gasteiger partial charge in [-0.1, -0.05) is 31.2 Å². The lowest BCUT2D eigenvalue weighted by atomic mass is 10.1. The van der Waals surface area contributed by atoms with Crippen molar-refractivity contribution in [3.05, 3.63) is 35.6 Å². The van der Waals surface area contributed by atoms with E-state index in [-0.39, 0.29) is 7.43 Å². The molecule has 126 valence electrons. The molecule has 1 saturated heterocycles. The van der Waals surface area contributed by atoms with Crippen molar-refractivity contribution in [2.45, 2.75) is 26.3 Å². The van der Waals surface area contributed by atoms with E-state index in [0.717, 1.165) is 48.2 Å². The smallest absolute Gasteiger partial charge is 0.164 e. The second-order valence-corrected chi connectivity index (χ2v) is 6.18. The van der Waals surface area contributed by atoms with Crippen LogP contribution in [0.3, 0.4) is 0 Å². The number of anilines is 1. The van der Waals surface area contributed by atoms with Crippen molar-refractivity contribution in [2.75, 3.05) is 18.8 Å². The topological polar surface area (TPSA) is 81.7 Å². The zero-order chi connectivity index (χ0) is 15.8. The Bertz CT molecular complexity index is 836. The summed E-state index contributed by atoms with van der Waals surface area (Å²) in [5.74, 6) is 0.458. The highest BCUT2D eigenvalue weighted by Gasteiger charge is 2.23. The van der Waals surface area contributed by atoms with Crippen LogP contribution in [0.15, 0.2) is 30.6 Å². The lowest BCUT2D eigenvalue weighted by Crippen LogP contribution is -2.30. The van der Waals surface area contributed by atoms with Gasteiger partial charge in [-0.05, 0) is 38.1 Å². The SMILES string of the molecule is C.Nc1ncnc2c1c(-c1ccc(Cl)cc1)nn2C1CCNCC1. The fourth-order valence-electron chi connectivity index (χ4n) is 3.11. The Morgan fingerprint density at radius 2 is 1.83 bits per heavy atom. The zero-order valence-electron chi connectivity index (χ0n) is 12.5. The second kappa shape index (κ2) is 6.75. The molecule has 4 rings (SSSR count). The number of nitrogens with zero attached hydrogens (tertiary/aromatic N) is 4. The van der Waals surface area contributed by atoms with E-state index < -0.39 is 0 Å². The number of halogens is 1. The third-order valence-corrected chi connectivity index (χ3v) is 4.54. The molecule has 7 heteroatoms. The van der Waals surface area contributed by atoms with Gasteiger partial charge in [-0.15, -0.1) is 0 Å². The summed E-state index contributed by atoms with van der Waals surface area (Å²) < 4.78 is 2.01. The van der Waals surface area contributed by atoms with E-state index in [9.17, 15) is 0 Å². The van der Waals surface area contributed by atoms with Crippen LogP contribution in [0.25, 0.3) is 22.3 Å². The van der Waals surface area contributed by atoms with Gasteiger partial charge in [0.1, 0.15) is 17.8 Å². The first-order valence-electron chi connectivity index (χ1n) is 7.69. The van der Waals surface area contributed by atoms with Crippen molar-refractivity contribution in [3.8, 4) is 11.3 Å². The summed E-state index contributed by atoms with van der Waals surface area (Å²) in [5, 5.41) is 9.72. The van der Waals surface area contributed by atoms with Gasteiger partial charge in [0.2, 0.25) is 0 Å². The molecule has 0 saturated carbocycles. The molecule has 0 aliphatic carbocycles. The molecular formula is C17H21ClN6. The number of hydrogen-bond donors (Lipinski definition) is 2. The van der Waals surface area contributed by atoms with Crippen LogP contribution in [0, 0.1) is 0 Å². The number of benzene rings is 1. The molecule has 0 bridgehead atoms. The minimum atomic E-state index is 0. The molecule has 1 aliphatic heterocycles. The molecule has 3 N–H and O–H groups in total. The first-order valence-corrected chi connectivity index (χ1v) is 8.07. The summed E-state index contributed by atoms with van der Waals surface area (Å²) in [6.45, 7) is 1.98. The van der Waals surface area contributed by atoms with Gasteiger partial charge in [0.25, 0.3) is 0 Å². The summed E-state index contributed by atoms with van der Waals surface area (Å²) in [4.78, 5) is 8.59. The number of nitrogens with two attached hydrogens (primary N) is 1. The summed E-state index contributed by atoms with van der Waals surface area (Å²) in [7, 11) is 0. The lowest BCUT2D eigenvalue weighted by Gasteiger charge is -2.23. The predicted molar refractivity (Wildman–Crippen MR) is 98.1 cm³/mol. The maximum Gasteiger partial charge on any atom is 0.164 e. The van der Waals surface area contributed by atoms with Crippen molar-refractivity contribution < 1.29 is 0 Å². The molecule has 0 radical (unpaired) electrons. The monoisotopic (exact) mass is 344 g/mol. The van der Waals surface area contributed by atoms with Crippen LogP contribution in [0.4, 0.5) is 5.82 Å². The normalized spacial score (nSPS) is 15.4. The van der Waals surface area contributed by atoms with Gasteiger partial charge in [-0.2, -0.15) is 5.10 Å². The van der Waals surface area contributed by atoms with Gasteiger partial charge >= 0.3 is 0 Å². The van der Waals surface area contributed by atoms with Crippen LogP contribution < -0.4 is 11.1 Å². The van der Waals surface area contributed by atoms with Gasteiger partial charge in [-0.3, -0.25) is 0 Å². The average Bonchev–Trinajstić information content (AvgIpc) is 2.97. The van der Waals surface area contributed by atoms with Crippen molar-refractivity contribution in [1.82, 2.24) is 25.1 Å². The van der Waals surface area contributed by atoms with Gasteiger partial charge in [0.05, 0.1) is 11.4 Å². The van der Waals surface area contributed by atoms with E-state index in [1.165, 1.54) is 6.33 Å². The van der Waals surface area contributed by atoms with E-state index in [0.29, 0.717) is 16.9 Å². The highest BCUT2D eigenvalue weighted by atomic mass is 35.5. The Hall–Kier alpha value is -2.18. The summed E-state index contributed by atoms with van der Waals surface area (Å²) in [5.41, 5.74) is 8.70. The highest BCUT2D eigenvalue weighted by molar-refractivity contribution is 6.30. The summed E-state index contributed by atoms with van der Waals surface area (Å²) in [6.07, 6.45) is 3.56. The number of piperidine rings is 1. The molecule has 6 nitrogen and oxygen atoms in total. The Morgan fingerprint density at radius 3 is 2.54 bits per heavy atom. The Kier molecular flexibility index (Phi) is 4.69. The van der Waals surface area contributed by atoms with Crippen molar-refractivity contribution in [3.63, 3.8) is 0 Å². The molecule has 1 fully saturated rings. The number of nitrogens with one attached hydrogen (secondary N) is 1. The van der Waals surface area contributed by atoms with Crippen LogP contribution in [-0.4, -0.2) is 32.8 Å². The molecule has 1 aliphatic rings. The largest absolute Gasteiger partial charge is 0.383 e. The highest BCUT2D eigenvalue weighted by Crippen LogP contribution is 2.33. The number of aromatic nitrogens is 4. The van der Waals surface area contributed by atoms with E-state index in [2.05, 4.69) is 15.3 Å². The molecule has 3 heterocycles. The van der Waals surface area contributed by atoms with Gasteiger partial charge < -0.3 is 11.1 Å². The van der Waals surface area contributed by atoms with Crippen LogP contribution in [0.1, 0.15) is 26.3 Å². The van der Waals surface area contributed by atoms with Crippen molar-refractivity contribution in [2.24, 2.45) is 0 Å². The molecular weight excluding hydrogens is 324 g/mol. The fourth-order valence-corrected chi connectivity index (χ4v) is 3.24. The second-order valence-electron chi connectivity index (χ2n) is 5.74. The predicted octanol–water partition coefficient (Wildman–Crippen LogP) is 3.29. The molecule has 24 heavy (non-hydrogen) atoms. The number of nitrogen functional groups attached to an aromatic ring is 1. The first kappa shape index (κ1) is 16.7.